The van der Waals surface area contributed by atoms with E-state index in [9.17, 15) is 5.11 Å². The lowest BCUT2D eigenvalue weighted by atomic mass is 9.98. The van der Waals surface area contributed by atoms with Crippen LogP contribution < -0.4 is 0 Å². The zero-order valence-corrected chi connectivity index (χ0v) is 14.6. The summed E-state index contributed by atoms with van der Waals surface area (Å²) in [5.74, 6) is 2.25. The summed E-state index contributed by atoms with van der Waals surface area (Å²) in [7, 11) is 0. The predicted octanol–water partition coefficient (Wildman–Crippen LogP) is 3.82. The van der Waals surface area contributed by atoms with E-state index in [1.165, 1.54) is 11.1 Å². The van der Waals surface area contributed by atoms with Crippen molar-refractivity contribution in [2.45, 2.75) is 39.7 Å². The summed E-state index contributed by atoms with van der Waals surface area (Å²) in [6.07, 6.45) is 4.05. The van der Waals surface area contributed by atoms with Gasteiger partial charge in [0.05, 0.1) is 6.04 Å². The highest BCUT2D eigenvalue weighted by molar-refractivity contribution is 5.67. The highest BCUT2D eigenvalue weighted by Gasteiger charge is 2.23. The molecule has 5 heteroatoms. The third-order valence-electron chi connectivity index (χ3n) is 4.45. The molecule has 0 fully saturated rings. The predicted molar refractivity (Wildman–Crippen MR) is 93.5 cm³/mol. The van der Waals surface area contributed by atoms with E-state index in [4.69, 9.17) is 4.42 Å². The molecule has 128 valence electrons. The van der Waals surface area contributed by atoms with Gasteiger partial charge in [-0.1, -0.05) is 32.1 Å². The molecule has 0 unspecified atom stereocenters. The molecule has 0 saturated carbocycles. The Hall–Kier alpha value is -2.14. The number of aromatic hydroxyl groups is 1. The third-order valence-corrected chi connectivity index (χ3v) is 4.45. The van der Waals surface area contributed by atoms with Crippen LogP contribution in [0.5, 0.6) is 5.75 Å². The molecular formula is C19H25N3O2. The first kappa shape index (κ1) is 16.7. The van der Waals surface area contributed by atoms with Gasteiger partial charge in [-0.15, -0.1) is 10.2 Å². The Balaban J connectivity index is 1.65. The van der Waals surface area contributed by atoms with Gasteiger partial charge in [0.2, 0.25) is 11.8 Å². The Morgan fingerprint density at radius 2 is 1.92 bits per heavy atom. The Morgan fingerprint density at radius 3 is 2.54 bits per heavy atom. The largest absolute Gasteiger partial charge is 0.508 e. The molecule has 5 nitrogen and oxygen atoms in total. The molecular weight excluding hydrogens is 302 g/mol. The lowest BCUT2D eigenvalue weighted by Crippen LogP contribution is -2.31. The Bertz CT molecular complexity index is 704. The number of phenolic OH excluding ortho intramolecular Hbond substituents is 1. The fraction of sp³-hybridized carbons (Fsp3) is 0.474. The lowest BCUT2D eigenvalue weighted by Gasteiger charge is -2.30. The van der Waals surface area contributed by atoms with Gasteiger partial charge in [-0.3, -0.25) is 4.90 Å². The second kappa shape index (κ2) is 7.18. The van der Waals surface area contributed by atoms with Crippen molar-refractivity contribution in [3.63, 3.8) is 0 Å². The number of hydrogen-bond donors (Lipinski definition) is 1. The smallest absolute Gasteiger partial charge is 0.233 e. The van der Waals surface area contributed by atoms with Crippen LogP contribution in [0.15, 0.2) is 34.8 Å². The van der Waals surface area contributed by atoms with E-state index in [2.05, 4.69) is 41.9 Å². The summed E-state index contributed by atoms with van der Waals surface area (Å²) in [5, 5.41) is 17.8. The standard InChI is InChI=1S/C19H25N3O2/c1-13(2)12-18-20-21-19(24-18)14(3)22-10-8-16(9-11-22)15-4-6-17(23)7-5-15/h4-8,13-14,23H,9-12H2,1-3H3/t14-/m1/s1. The van der Waals surface area contributed by atoms with Gasteiger partial charge in [0.25, 0.3) is 0 Å². The van der Waals surface area contributed by atoms with Crippen molar-refractivity contribution in [2.75, 3.05) is 13.1 Å². The van der Waals surface area contributed by atoms with Crippen LogP contribution in [0.4, 0.5) is 0 Å². The topological polar surface area (TPSA) is 62.4 Å². The van der Waals surface area contributed by atoms with E-state index in [0.717, 1.165) is 31.8 Å². The van der Waals surface area contributed by atoms with Gasteiger partial charge in [0, 0.05) is 19.5 Å². The average Bonchev–Trinajstić information content (AvgIpc) is 3.03. The van der Waals surface area contributed by atoms with Gasteiger partial charge in [0.1, 0.15) is 5.75 Å². The van der Waals surface area contributed by atoms with Crippen LogP contribution in [0, 0.1) is 5.92 Å². The zero-order valence-electron chi connectivity index (χ0n) is 14.6. The number of hydrogen-bond acceptors (Lipinski definition) is 5. The molecule has 2 heterocycles. The quantitative estimate of drug-likeness (QED) is 0.904. The van der Waals surface area contributed by atoms with Crippen molar-refractivity contribution in [3.05, 3.63) is 47.7 Å². The Kier molecular flexibility index (Phi) is 5.00. The minimum atomic E-state index is 0.121. The van der Waals surface area contributed by atoms with Crippen LogP contribution in [-0.2, 0) is 6.42 Å². The van der Waals surface area contributed by atoms with Crippen molar-refractivity contribution in [2.24, 2.45) is 5.92 Å². The maximum absolute atomic E-state index is 9.40. The molecule has 1 N–H and O–H groups in total. The minimum absolute atomic E-state index is 0.121. The van der Waals surface area contributed by atoms with Crippen molar-refractivity contribution in [1.82, 2.24) is 15.1 Å². The van der Waals surface area contributed by atoms with Crippen LogP contribution >= 0.6 is 0 Å². The van der Waals surface area contributed by atoms with E-state index in [0.29, 0.717) is 17.6 Å². The SMILES string of the molecule is CC(C)Cc1nnc([C@@H](C)N2CC=C(c3ccc(O)cc3)CC2)o1. The molecule has 0 aliphatic carbocycles. The van der Waals surface area contributed by atoms with E-state index >= 15 is 0 Å². The first-order valence-electron chi connectivity index (χ1n) is 8.57. The number of phenols is 1. The van der Waals surface area contributed by atoms with Crippen molar-refractivity contribution in [3.8, 4) is 5.75 Å². The summed E-state index contributed by atoms with van der Waals surface area (Å²) >= 11 is 0. The molecule has 3 rings (SSSR count). The Labute approximate surface area is 143 Å². The summed E-state index contributed by atoms with van der Waals surface area (Å²) in [6.45, 7) is 8.22. The van der Waals surface area contributed by atoms with Gasteiger partial charge in [-0.2, -0.15) is 0 Å². The highest BCUT2D eigenvalue weighted by atomic mass is 16.4. The van der Waals surface area contributed by atoms with Gasteiger partial charge >= 0.3 is 0 Å². The van der Waals surface area contributed by atoms with Crippen LogP contribution in [0.25, 0.3) is 5.57 Å². The third kappa shape index (κ3) is 3.85. The molecule has 2 aromatic rings. The van der Waals surface area contributed by atoms with Gasteiger partial charge in [-0.25, -0.2) is 0 Å². The van der Waals surface area contributed by atoms with E-state index in [-0.39, 0.29) is 6.04 Å². The fourth-order valence-electron chi connectivity index (χ4n) is 3.00. The molecule has 1 aromatic carbocycles. The van der Waals surface area contributed by atoms with Crippen LogP contribution in [0.1, 0.15) is 50.6 Å². The molecule has 1 aliphatic heterocycles. The van der Waals surface area contributed by atoms with Gasteiger partial charge in [0.15, 0.2) is 0 Å². The molecule has 0 saturated heterocycles. The summed E-state index contributed by atoms with van der Waals surface area (Å²) in [5.41, 5.74) is 2.50. The molecule has 0 radical (unpaired) electrons. The molecule has 0 bridgehead atoms. The van der Waals surface area contributed by atoms with Crippen molar-refractivity contribution in [1.29, 1.82) is 0 Å². The van der Waals surface area contributed by atoms with Crippen LogP contribution in [0.2, 0.25) is 0 Å². The average molecular weight is 327 g/mol. The number of benzene rings is 1. The van der Waals surface area contributed by atoms with Crippen molar-refractivity contribution >= 4 is 5.57 Å². The number of rotatable bonds is 5. The summed E-state index contributed by atoms with van der Waals surface area (Å²) in [6, 6.07) is 7.53. The maximum atomic E-state index is 9.40. The van der Waals surface area contributed by atoms with E-state index in [1.807, 2.05) is 12.1 Å². The fourth-order valence-corrected chi connectivity index (χ4v) is 3.00. The van der Waals surface area contributed by atoms with Crippen LogP contribution in [-0.4, -0.2) is 33.3 Å². The number of aromatic nitrogens is 2. The number of nitrogens with zero attached hydrogens (tertiary/aromatic N) is 3. The highest BCUT2D eigenvalue weighted by Crippen LogP contribution is 2.28. The first-order valence-corrected chi connectivity index (χ1v) is 8.57. The molecule has 1 aliphatic rings. The van der Waals surface area contributed by atoms with Gasteiger partial charge < -0.3 is 9.52 Å². The van der Waals surface area contributed by atoms with Gasteiger partial charge in [-0.05, 0) is 42.5 Å². The second-order valence-corrected chi connectivity index (χ2v) is 6.83. The van der Waals surface area contributed by atoms with E-state index in [1.54, 1.807) is 12.1 Å². The van der Waals surface area contributed by atoms with Crippen molar-refractivity contribution < 1.29 is 9.52 Å². The summed E-state index contributed by atoms with van der Waals surface area (Å²) in [4.78, 5) is 2.34. The maximum Gasteiger partial charge on any atom is 0.233 e. The lowest BCUT2D eigenvalue weighted by molar-refractivity contribution is 0.198. The Morgan fingerprint density at radius 1 is 1.17 bits per heavy atom. The normalized spacial score (nSPS) is 17.1. The zero-order chi connectivity index (χ0) is 17.1. The summed E-state index contributed by atoms with van der Waals surface area (Å²) < 4.78 is 5.82. The molecule has 1 atom stereocenters. The first-order chi connectivity index (χ1) is 11.5. The molecule has 0 amide bonds. The minimum Gasteiger partial charge on any atom is -0.508 e. The second-order valence-electron chi connectivity index (χ2n) is 6.83. The van der Waals surface area contributed by atoms with Crippen LogP contribution in [0.3, 0.4) is 0 Å². The molecule has 0 spiro atoms. The monoisotopic (exact) mass is 327 g/mol. The van der Waals surface area contributed by atoms with E-state index < -0.39 is 0 Å². The molecule has 1 aromatic heterocycles. The molecule has 24 heavy (non-hydrogen) atoms.